The molecule has 0 aromatic heterocycles. The third-order valence-corrected chi connectivity index (χ3v) is 7.30. The van der Waals surface area contributed by atoms with Crippen molar-refractivity contribution in [3.8, 4) is 22.6 Å². The van der Waals surface area contributed by atoms with Crippen molar-refractivity contribution in [1.29, 1.82) is 0 Å². The molecule has 3 aromatic rings. The van der Waals surface area contributed by atoms with E-state index in [4.69, 9.17) is 4.74 Å². The van der Waals surface area contributed by atoms with Crippen molar-refractivity contribution in [3.63, 3.8) is 0 Å². The van der Waals surface area contributed by atoms with Gasteiger partial charge in [0.1, 0.15) is 17.4 Å². The van der Waals surface area contributed by atoms with Crippen molar-refractivity contribution >= 4 is 0 Å². The Labute approximate surface area is 213 Å². The predicted molar refractivity (Wildman–Crippen MR) is 132 cm³/mol. The first-order valence-corrected chi connectivity index (χ1v) is 12.7. The molecule has 1 saturated carbocycles. The molecule has 0 aliphatic heterocycles. The zero-order chi connectivity index (χ0) is 26.7. The summed E-state index contributed by atoms with van der Waals surface area (Å²) in [6.07, 6.45) is 1.85. The topological polar surface area (TPSA) is 9.23 Å². The molecule has 37 heavy (non-hydrogen) atoms. The van der Waals surface area contributed by atoms with Crippen LogP contribution < -0.4 is 4.74 Å². The van der Waals surface area contributed by atoms with Gasteiger partial charge in [-0.25, -0.2) is 13.2 Å². The third-order valence-electron chi connectivity index (χ3n) is 7.30. The van der Waals surface area contributed by atoms with E-state index in [-0.39, 0.29) is 39.7 Å². The van der Waals surface area contributed by atoms with Crippen LogP contribution in [-0.2, 0) is 6.18 Å². The van der Waals surface area contributed by atoms with Gasteiger partial charge >= 0.3 is 6.18 Å². The highest BCUT2D eigenvalue weighted by Gasteiger charge is 2.34. The first-order chi connectivity index (χ1) is 17.6. The summed E-state index contributed by atoms with van der Waals surface area (Å²) in [7, 11) is 0. The lowest BCUT2D eigenvalue weighted by molar-refractivity contribution is -0.139. The summed E-state index contributed by atoms with van der Waals surface area (Å²) in [6, 6.07) is 10.2. The zero-order valence-corrected chi connectivity index (χ0v) is 20.9. The van der Waals surface area contributed by atoms with Gasteiger partial charge in [-0.05, 0) is 79.8 Å². The molecule has 1 aliphatic rings. The lowest BCUT2D eigenvalue weighted by atomic mass is 9.76. The van der Waals surface area contributed by atoms with E-state index in [1.165, 1.54) is 19.1 Å². The van der Waals surface area contributed by atoms with Crippen LogP contribution in [0.2, 0.25) is 0 Å². The van der Waals surface area contributed by atoms with Crippen LogP contribution in [0.5, 0.6) is 11.5 Å². The Hall–Kier alpha value is -2.96. The second kappa shape index (κ2) is 11.2. The summed E-state index contributed by atoms with van der Waals surface area (Å²) >= 11 is 0. The summed E-state index contributed by atoms with van der Waals surface area (Å²) in [5.41, 5.74) is -0.663. The maximum atomic E-state index is 15.8. The molecule has 1 aliphatic carbocycles. The molecule has 1 fully saturated rings. The molecule has 7 heteroatoms. The summed E-state index contributed by atoms with van der Waals surface area (Å²) in [5, 5.41) is 0. The summed E-state index contributed by atoms with van der Waals surface area (Å²) in [5.74, 6) is -2.45. The van der Waals surface area contributed by atoms with Crippen molar-refractivity contribution in [2.24, 2.45) is 5.92 Å². The van der Waals surface area contributed by atoms with Crippen molar-refractivity contribution in [2.75, 3.05) is 0 Å². The molecule has 0 radical (unpaired) electrons. The van der Waals surface area contributed by atoms with Crippen LogP contribution >= 0.6 is 0 Å². The van der Waals surface area contributed by atoms with Crippen LogP contribution in [0.3, 0.4) is 0 Å². The number of alkyl halides is 3. The van der Waals surface area contributed by atoms with E-state index in [1.54, 1.807) is 18.2 Å². The molecule has 1 nitrogen and oxygen atoms in total. The van der Waals surface area contributed by atoms with Gasteiger partial charge in [0, 0.05) is 11.1 Å². The maximum absolute atomic E-state index is 15.8. The van der Waals surface area contributed by atoms with Gasteiger partial charge in [0.2, 0.25) is 0 Å². The van der Waals surface area contributed by atoms with E-state index < -0.39 is 29.2 Å². The van der Waals surface area contributed by atoms with Crippen molar-refractivity contribution < 1.29 is 31.1 Å². The average Bonchev–Trinajstić information content (AvgIpc) is 2.85. The highest BCUT2D eigenvalue weighted by molar-refractivity contribution is 5.71. The summed E-state index contributed by atoms with van der Waals surface area (Å²) in [6.45, 7) is 3.68. The minimum absolute atomic E-state index is 0.0209. The average molecular weight is 521 g/mol. The Bertz CT molecular complexity index is 1240. The summed E-state index contributed by atoms with van der Waals surface area (Å²) in [4.78, 5) is 0. The van der Waals surface area contributed by atoms with Gasteiger partial charge in [0.15, 0.2) is 11.6 Å². The Morgan fingerprint density at radius 1 is 0.892 bits per heavy atom. The number of rotatable bonds is 7. The van der Waals surface area contributed by atoms with Crippen LogP contribution in [-0.4, -0.2) is 0 Å². The lowest BCUT2D eigenvalue weighted by Gasteiger charge is -2.29. The highest BCUT2D eigenvalue weighted by atomic mass is 19.4. The second-order valence-electron chi connectivity index (χ2n) is 9.88. The van der Waals surface area contributed by atoms with Crippen LogP contribution in [0, 0.1) is 30.3 Å². The normalized spacial score (nSPS) is 18.2. The van der Waals surface area contributed by atoms with Gasteiger partial charge in [0.05, 0.1) is 5.56 Å². The molecule has 0 atom stereocenters. The Balaban J connectivity index is 1.64. The number of unbranched alkanes of at least 4 members (excludes halogenated alkanes) is 1. The monoisotopic (exact) mass is 520 g/mol. The minimum atomic E-state index is -4.82. The van der Waals surface area contributed by atoms with Gasteiger partial charge in [-0.3, -0.25) is 0 Å². The largest absolute Gasteiger partial charge is 0.453 e. The molecule has 4 rings (SSSR count). The number of halogens is 6. The lowest BCUT2D eigenvalue weighted by Crippen LogP contribution is -2.16. The van der Waals surface area contributed by atoms with Crippen LogP contribution in [0.15, 0.2) is 48.5 Å². The zero-order valence-electron chi connectivity index (χ0n) is 20.9. The van der Waals surface area contributed by atoms with E-state index in [2.05, 4.69) is 6.92 Å². The highest BCUT2D eigenvalue weighted by Crippen LogP contribution is 2.44. The van der Waals surface area contributed by atoms with E-state index in [0.29, 0.717) is 24.8 Å². The van der Waals surface area contributed by atoms with Crippen molar-refractivity contribution in [3.05, 3.63) is 82.7 Å². The fourth-order valence-electron chi connectivity index (χ4n) is 5.28. The predicted octanol–water partition coefficient (Wildman–Crippen LogP) is 10.4. The quantitative estimate of drug-likeness (QED) is 0.282. The molecule has 0 spiro atoms. The van der Waals surface area contributed by atoms with Gasteiger partial charge in [-0.15, -0.1) is 0 Å². The molecular weight excluding hydrogens is 490 g/mol. The van der Waals surface area contributed by atoms with Gasteiger partial charge in [-0.1, -0.05) is 50.5 Å². The second-order valence-corrected chi connectivity index (χ2v) is 9.88. The number of hydrogen-bond acceptors (Lipinski definition) is 1. The number of benzene rings is 3. The molecular formula is C30H30F6O. The SMILES string of the molecule is CCCC[C@H]1CC[C@H](c2c(F)cc(C)c(Oc3ccccc3-c3ccc(C(F)(F)F)c(F)c3)c2F)CC1. The van der Waals surface area contributed by atoms with Crippen LogP contribution in [0.25, 0.3) is 11.1 Å². The third kappa shape index (κ3) is 5.97. The van der Waals surface area contributed by atoms with E-state index in [0.717, 1.165) is 44.2 Å². The number of ether oxygens (including phenoxy) is 1. The molecule has 0 amide bonds. The van der Waals surface area contributed by atoms with E-state index in [9.17, 15) is 17.6 Å². The summed E-state index contributed by atoms with van der Waals surface area (Å²) < 4.78 is 90.0. The molecule has 3 aromatic carbocycles. The van der Waals surface area contributed by atoms with Crippen LogP contribution in [0.4, 0.5) is 26.3 Å². The van der Waals surface area contributed by atoms with Gasteiger partial charge in [-0.2, -0.15) is 13.2 Å². The minimum Gasteiger partial charge on any atom is -0.453 e. The van der Waals surface area contributed by atoms with Crippen molar-refractivity contribution in [2.45, 2.75) is 70.9 Å². The molecule has 0 saturated heterocycles. The van der Waals surface area contributed by atoms with Crippen molar-refractivity contribution in [1.82, 2.24) is 0 Å². The molecule has 0 N–H and O–H groups in total. The molecule has 0 heterocycles. The van der Waals surface area contributed by atoms with Gasteiger partial charge in [0.25, 0.3) is 0 Å². The first-order valence-electron chi connectivity index (χ1n) is 12.7. The number of para-hydroxylation sites is 1. The number of aryl methyl sites for hydroxylation is 1. The number of hydrogen-bond donors (Lipinski definition) is 0. The molecule has 0 unspecified atom stereocenters. The fourth-order valence-corrected chi connectivity index (χ4v) is 5.28. The standard InChI is InChI=1S/C30H30F6O/c1-3-4-7-19-10-12-20(13-11-19)27-25(32)16-18(2)29(28(27)33)37-26-9-6-5-8-22(26)21-14-15-23(24(31)17-21)30(34,35)36/h5-6,8-9,14-17,19-20H,3-4,7,10-13H2,1-2H3/t19-,20-. The smallest absolute Gasteiger partial charge is 0.419 e. The molecule has 0 bridgehead atoms. The van der Waals surface area contributed by atoms with Crippen LogP contribution in [0.1, 0.15) is 74.5 Å². The van der Waals surface area contributed by atoms with Gasteiger partial charge < -0.3 is 4.74 Å². The molecule has 198 valence electrons. The maximum Gasteiger partial charge on any atom is 0.419 e. The Morgan fingerprint density at radius 3 is 2.24 bits per heavy atom. The first kappa shape index (κ1) is 27.1. The van der Waals surface area contributed by atoms with E-state index in [1.807, 2.05) is 0 Å². The Kier molecular flexibility index (Phi) is 8.20. The Morgan fingerprint density at radius 2 is 1.59 bits per heavy atom. The fraction of sp³-hybridized carbons (Fsp3) is 0.400. The van der Waals surface area contributed by atoms with E-state index >= 15 is 8.78 Å².